The second-order valence-corrected chi connectivity index (χ2v) is 7.07. The first-order valence-corrected chi connectivity index (χ1v) is 9.34. The van der Waals surface area contributed by atoms with Crippen molar-refractivity contribution in [3.8, 4) is 11.3 Å². The number of aromatic nitrogens is 2. The van der Waals surface area contributed by atoms with Crippen LogP contribution in [-0.4, -0.2) is 45.2 Å². The van der Waals surface area contributed by atoms with Crippen molar-refractivity contribution in [1.29, 1.82) is 0 Å². The zero-order chi connectivity index (χ0) is 19.5. The largest absolute Gasteiger partial charge is 0.478 e. The number of rotatable bonds is 4. The van der Waals surface area contributed by atoms with Gasteiger partial charge in [-0.15, -0.1) is 0 Å². The number of aromatic amines is 1. The van der Waals surface area contributed by atoms with Gasteiger partial charge in [0.2, 0.25) is 0 Å². The van der Waals surface area contributed by atoms with Crippen molar-refractivity contribution in [2.45, 2.75) is 18.8 Å². The molecule has 3 aromatic rings. The molecular weight excluding hydrogens is 354 g/mol. The summed E-state index contributed by atoms with van der Waals surface area (Å²) in [7, 11) is 0. The van der Waals surface area contributed by atoms with Crippen molar-refractivity contribution >= 4 is 11.9 Å². The van der Waals surface area contributed by atoms with Gasteiger partial charge >= 0.3 is 5.97 Å². The van der Waals surface area contributed by atoms with E-state index in [2.05, 4.69) is 10.2 Å². The van der Waals surface area contributed by atoms with Crippen LogP contribution in [0.3, 0.4) is 0 Å². The fourth-order valence-electron chi connectivity index (χ4n) is 3.75. The third-order valence-electron chi connectivity index (χ3n) is 5.26. The van der Waals surface area contributed by atoms with E-state index < -0.39 is 5.97 Å². The number of benzene rings is 2. The Kier molecular flexibility index (Phi) is 4.93. The van der Waals surface area contributed by atoms with Crippen molar-refractivity contribution in [1.82, 2.24) is 15.1 Å². The summed E-state index contributed by atoms with van der Waals surface area (Å²) in [5.41, 5.74) is 3.82. The molecule has 4 rings (SSSR count). The normalized spacial score (nSPS) is 16.7. The minimum Gasteiger partial charge on any atom is -0.478 e. The first kappa shape index (κ1) is 18.0. The van der Waals surface area contributed by atoms with E-state index in [4.69, 9.17) is 0 Å². The van der Waals surface area contributed by atoms with E-state index in [0.717, 1.165) is 36.2 Å². The van der Waals surface area contributed by atoms with Crippen LogP contribution >= 0.6 is 0 Å². The first-order valence-electron chi connectivity index (χ1n) is 9.34. The van der Waals surface area contributed by atoms with Crippen LogP contribution in [0.25, 0.3) is 11.3 Å². The average molecular weight is 375 g/mol. The Morgan fingerprint density at radius 3 is 2.61 bits per heavy atom. The average Bonchev–Trinajstić information content (AvgIpc) is 3.28. The quantitative estimate of drug-likeness (QED) is 0.726. The highest BCUT2D eigenvalue weighted by Crippen LogP contribution is 2.28. The van der Waals surface area contributed by atoms with Crippen LogP contribution in [-0.2, 0) is 0 Å². The molecule has 142 valence electrons. The van der Waals surface area contributed by atoms with E-state index in [1.165, 1.54) is 0 Å². The van der Waals surface area contributed by atoms with Gasteiger partial charge in [-0.25, -0.2) is 4.79 Å². The fraction of sp³-hybridized carbons (Fsp3) is 0.227. The van der Waals surface area contributed by atoms with Crippen LogP contribution in [0.2, 0.25) is 0 Å². The summed E-state index contributed by atoms with van der Waals surface area (Å²) in [6.07, 6.45) is 3.55. The molecule has 28 heavy (non-hydrogen) atoms. The molecular formula is C22H21N3O3. The van der Waals surface area contributed by atoms with Gasteiger partial charge in [0.1, 0.15) is 0 Å². The lowest BCUT2D eigenvalue weighted by Crippen LogP contribution is -2.39. The van der Waals surface area contributed by atoms with E-state index in [-0.39, 0.29) is 17.4 Å². The Hall–Kier alpha value is -3.41. The number of likely N-dealkylation sites (tertiary alicyclic amines) is 1. The van der Waals surface area contributed by atoms with Gasteiger partial charge in [-0.05, 0) is 54.3 Å². The lowest BCUT2D eigenvalue weighted by molar-refractivity contribution is 0.0688. The van der Waals surface area contributed by atoms with Crippen LogP contribution in [0, 0.1) is 0 Å². The Labute approximate surface area is 162 Å². The molecule has 6 nitrogen and oxygen atoms in total. The summed E-state index contributed by atoms with van der Waals surface area (Å²) in [5.74, 6) is -0.764. The van der Waals surface area contributed by atoms with Gasteiger partial charge in [-0.1, -0.05) is 24.3 Å². The van der Waals surface area contributed by atoms with Gasteiger partial charge in [0, 0.05) is 30.8 Å². The van der Waals surface area contributed by atoms with Gasteiger partial charge in [-0.2, -0.15) is 5.10 Å². The number of carboxylic acid groups (broad SMARTS) is 1. The molecule has 0 radical (unpaired) electrons. The highest BCUT2D eigenvalue weighted by atomic mass is 16.4. The van der Waals surface area contributed by atoms with E-state index in [9.17, 15) is 14.7 Å². The molecule has 2 heterocycles. The molecule has 0 saturated carbocycles. The number of carbonyl (C=O) groups is 2. The molecule has 2 aromatic carbocycles. The smallest absolute Gasteiger partial charge is 0.335 e. The molecule has 1 saturated heterocycles. The maximum atomic E-state index is 13.0. The van der Waals surface area contributed by atoms with Crippen LogP contribution in [0.4, 0.5) is 0 Å². The molecule has 1 aliphatic heterocycles. The van der Waals surface area contributed by atoms with Crippen molar-refractivity contribution < 1.29 is 14.7 Å². The summed E-state index contributed by atoms with van der Waals surface area (Å²) in [6, 6.07) is 16.4. The van der Waals surface area contributed by atoms with Crippen LogP contribution in [0.15, 0.2) is 60.8 Å². The highest BCUT2D eigenvalue weighted by molar-refractivity contribution is 5.94. The molecule has 0 aliphatic carbocycles. The van der Waals surface area contributed by atoms with Crippen molar-refractivity contribution in [2.24, 2.45) is 0 Å². The zero-order valence-corrected chi connectivity index (χ0v) is 15.3. The number of nitrogens with zero attached hydrogens (tertiary/aromatic N) is 2. The standard InChI is InChI=1S/C22H21N3O3/c26-21(16-8-6-15(7-9-16)20-10-11-23-24-20)25-12-2-5-19(14-25)17-3-1-4-18(13-17)22(27)28/h1,3-4,6-11,13,19H,2,5,12,14H2,(H,23,24)(H,27,28). The number of piperidine rings is 1. The molecule has 1 unspecified atom stereocenters. The van der Waals surface area contributed by atoms with Gasteiger partial charge < -0.3 is 10.0 Å². The van der Waals surface area contributed by atoms with Crippen LogP contribution in [0.1, 0.15) is 45.0 Å². The minimum absolute atomic E-state index is 0.00949. The lowest BCUT2D eigenvalue weighted by atomic mass is 9.89. The minimum atomic E-state index is -0.928. The Morgan fingerprint density at radius 2 is 1.89 bits per heavy atom. The number of hydrogen-bond acceptors (Lipinski definition) is 3. The first-order chi connectivity index (χ1) is 13.6. The highest BCUT2D eigenvalue weighted by Gasteiger charge is 2.26. The third kappa shape index (κ3) is 3.67. The maximum absolute atomic E-state index is 13.0. The Morgan fingerprint density at radius 1 is 1.07 bits per heavy atom. The van der Waals surface area contributed by atoms with E-state index in [1.807, 2.05) is 41.3 Å². The number of H-pyrrole nitrogens is 1. The van der Waals surface area contributed by atoms with E-state index in [1.54, 1.807) is 24.4 Å². The summed E-state index contributed by atoms with van der Waals surface area (Å²) >= 11 is 0. The molecule has 1 atom stereocenters. The zero-order valence-electron chi connectivity index (χ0n) is 15.3. The maximum Gasteiger partial charge on any atom is 0.335 e. The van der Waals surface area contributed by atoms with E-state index >= 15 is 0 Å². The molecule has 0 spiro atoms. The topological polar surface area (TPSA) is 86.3 Å². The monoisotopic (exact) mass is 375 g/mol. The Bertz CT molecular complexity index is 981. The Balaban J connectivity index is 1.49. The molecule has 1 aromatic heterocycles. The number of carbonyl (C=O) groups excluding carboxylic acids is 1. The molecule has 1 aliphatic rings. The van der Waals surface area contributed by atoms with Gasteiger partial charge in [-0.3, -0.25) is 9.89 Å². The number of hydrogen-bond donors (Lipinski definition) is 2. The van der Waals surface area contributed by atoms with Gasteiger partial charge in [0.25, 0.3) is 5.91 Å². The number of aromatic carboxylic acids is 1. The molecule has 2 N–H and O–H groups in total. The second-order valence-electron chi connectivity index (χ2n) is 7.07. The fourth-order valence-corrected chi connectivity index (χ4v) is 3.75. The number of carboxylic acids is 1. The van der Waals surface area contributed by atoms with Crippen molar-refractivity contribution in [3.63, 3.8) is 0 Å². The van der Waals surface area contributed by atoms with E-state index in [0.29, 0.717) is 12.1 Å². The van der Waals surface area contributed by atoms with Gasteiger partial charge in [0.05, 0.1) is 11.3 Å². The lowest BCUT2D eigenvalue weighted by Gasteiger charge is -2.33. The number of amides is 1. The predicted octanol–water partition coefficient (Wildman–Crippen LogP) is 3.79. The molecule has 1 amide bonds. The van der Waals surface area contributed by atoms with Crippen molar-refractivity contribution in [2.75, 3.05) is 13.1 Å². The molecule has 0 bridgehead atoms. The predicted molar refractivity (Wildman–Crippen MR) is 105 cm³/mol. The SMILES string of the molecule is O=C(O)c1cccc(C2CCCN(C(=O)c3ccc(-c4ccn[nH]4)cc3)C2)c1. The summed E-state index contributed by atoms with van der Waals surface area (Å²) in [6.45, 7) is 1.32. The second kappa shape index (κ2) is 7.68. The van der Waals surface area contributed by atoms with Gasteiger partial charge in [0.15, 0.2) is 0 Å². The summed E-state index contributed by atoms with van der Waals surface area (Å²) in [4.78, 5) is 26.1. The number of nitrogens with one attached hydrogen (secondary N) is 1. The summed E-state index contributed by atoms with van der Waals surface area (Å²) in [5, 5.41) is 16.1. The van der Waals surface area contributed by atoms with Crippen molar-refractivity contribution in [3.05, 3.63) is 77.5 Å². The third-order valence-corrected chi connectivity index (χ3v) is 5.26. The molecule has 6 heteroatoms. The molecule has 1 fully saturated rings. The van der Waals surface area contributed by atoms with Crippen LogP contribution in [0.5, 0.6) is 0 Å². The summed E-state index contributed by atoms with van der Waals surface area (Å²) < 4.78 is 0. The van der Waals surface area contributed by atoms with Crippen LogP contribution < -0.4 is 0 Å².